The molecule has 6 nitrogen and oxygen atoms in total. The van der Waals surface area contributed by atoms with Crippen LogP contribution in [0.4, 0.5) is 17.1 Å². The Hall–Kier alpha value is -1.95. The van der Waals surface area contributed by atoms with Gasteiger partial charge in [0.15, 0.2) is 6.61 Å². The molecule has 1 aromatic carbocycles. The van der Waals surface area contributed by atoms with Crippen LogP contribution in [0.3, 0.4) is 0 Å². The largest absolute Gasteiger partial charge is 0.482 e. The van der Waals surface area contributed by atoms with Gasteiger partial charge in [0, 0.05) is 25.8 Å². The second kappa shape index (κ2) is 5.81. The van der Waals surface area contributed by atoms with E-state index in [2.05, 4.69) is 10.2 Å². The topological polar surface area (TPSA) is 76.8 Å². The highest BCUT2D eigenvalue weighted by Gasteiger charge is 2.24. The molecule has 0 radical (unpaired) electrons. The summed E-state index contributed by atoms with van der Waals surface area (Å²) in [6.45, 7) is 4.64. The SMILES string of the molecule is CCOC1CCN(c2cc3c(cc2N)OCC(=O)N3)CC1. The Balaban J connectivity index is 1.77. The van der Waals surface area contributed by atoms with Crippen molar-refractivity contribution in [2.45, 2.75) is 25.9 Å². The summed E-state index contributed by atoms with van der Waals surface area (Å²) in [6.07, 6.45) is 2.33. The van der Waals surface area contributed by atoms with Gasteiger partial charge in [-0.1, -0.05) is 0 Å². The number of benzene rings is 1. The van der Waals surface area contributed by atoms with Crippen LogP contribution in [0.5, 0.6) is 5.75 Å². The van der Waals surface area contributed by atoms with E-state index < -0.39 is 0 Å². The lowest BCUT2D eigenvalue weighted by Gasteiger charge is -2.34. The summed E-state index contributed by atoms with van der Waals surface area (Å²) in [5.74, 6) is 0.508. The second-order valence-corrected chi connectivity index (χ2v) is 5.39. The average molecular weight is 291 g/mol. The van der Waals surface area contributed by atoms with E-state index in [1.165, 1.54) is 0 Å². The van der Waals surface area contributed by atoms with Crippen molar-refractivity contribution in [3.63, 3.8) is 0 Å². The number of hydrogen-bond acceptors (Lipinski definition) is 5. The first-order valence-corrected chi connectivity index (χ1v) is 7.40. The van der Waals surface area contributed by atoms with Crippen molar-refractivity contribution in [2.24, 2.45) is 0 Å². The lowest BCUT2D eigenvalue weighted by Crippen LogP contribution is -2.37. The molecule has 0 saturated carbocycles. The lowest BCUT2D eigenvalue weighted by molar-refractivity contribution is -0.118. The van der Waals surface area contributed by atoms with Gasteiger partial charge in [-0.15, -0.1) is 0 Å². The van der Waals surface area contributed by atoms with Crippen molar-refractivity contribution < 1.29 is 14.3 Å². The Bertz CT molecular complexity index is 539. The molecule has 0 spiro atoms. The molecule has 21 heavy (non-hydrogen) atoms. The van der Waals surface area contributed by atoms with E-state index in [0.717, 1.165) is 38.2 Å². The van der Waals surface area contributed by atoms with Gasteiger partial charge in [0.2, 0.25) is 0 Å². The van der Waals surface area contributed by atoms with Crippen LogP contribution in [0.25, 0.3) is 0 Å². The molecule has 0 bridgehead atoms. The first-order valence-electron chi connectivity index (χ1n) is 7.40. The lowest BCUT2D eigenvalue weighted by atomic mass is 10.1. The van der Waals surface area contributed by atoms with Gasteiger partial charge >= 0.3 is 0 Å². The van der Waals surface area contributed by atoms with E-state index in [4.69, 9.17) is 15.2 Å². The number of nitrogen functional groups attached to an aromatic ring is 1. The van der Waals surface area contributed by atoms with Gasteiger partial charge in [0.25, 0.3) is 5.91 Å². The molecule has 2 heterocycles. The number of rotatable bonds is 3. The van der Waals surface area contributed by atoms with Crippen LogP contribution < -0.4 is 20.7 Å². The minimum Gasteiger partial charge on any atom is -0.482 e. The average Bonchev–Trinajstić information content (AvgIpc) is 2.48. The van der Waals surface area contributed by atoms with E-state index in [-0.39, 0.29) is 12.5 Å². The van der Waals surface area contributed by atoms with Crippen molar-refractivity contribution in [1.29, 1.82) is 0 Å². The van der Waals surface area contributed by atoms with Crippen LogP contribution >= 0.6 is 0 Å². The predicted molar refractivity (Wildman–Crippen MR) is 81.8 cm³/mol. The molecule has 1 amide bonds. The molecular weight excluding hydrogens is 270 g/mol. The fourth-order valence-corrected chi connectivity index (χ4v) is 2.90. The number of hydrogen-bond donors (Lipinski definition) is 2. The molecule has 0 aliphatic carbocycles. The summed E-state index contributed by atoms with van der Waals surface area (Å²) in [4.78, 5) is 13.7. The minimum atomic E-state index is -0.131. The number of nitrogens with one attached hydrogen (secondary N) is 1. The molecule has 3 rings (SSSR count). The second-order valence-electron chi connectivity index (χ2n) is 5.39. The van der Waals surface area contributed by atoms with Gasteiger partial charge in [-0.25, -0.2) is 0 Å². The third-order valence-corrected chi connectivity index (χ3v) is 3.95. The zero-order valence-electron chi connectivity index (χ0n) is 12.2. The highest BCUT2D eigenvalue weighted by Crippen LogP contribution is 2.37. The van der Waals surface area contributed by atoms with Crippen molar-refractivity contribution >= 4 is 23.0 Å². The van der Waals surface area contributed by atoms with Gasteiger partial charge in [0.1, 0.15) is 5.75 Å². The Morgan fingerprint density at radius 2 is 2.19 bits per heavy atom. The van der Waals surface area contributed by atoms with Crippen LogP contribution in [0.1, 0.15) is 19.8 Å². The maximum Gasteiger partial charge on any atom is 0.262 e. The Labute approximate surface area is 124 Å². The van der Waals surface area contributed by atoms with Gasteiger partial charge < -0.3 is 25.4 Å². The van der Waals surface area contributed by atoms with Crippen LogP contribution in [0.2, 0.25) is 0 Å². The standard InChI is InChI=1S/C15H21N3O3/c1-2-20-10-3-5-18(6-4-10)13-8-12-14(7-11(13)16)21-9-15(19)17-12/h7-8,10H,2-6,9,16H2,1H3,(H,17,19). The summed E-state index contributed by atoms with van der Waals surface area (Å²) in [5.41, 5.74) is 8.47. The first-order chi connectivity index (χ1) is 10.2. The summed E-state index contributed by atoms with van der Waals surface area (Å²) >= 11 is 0. The third-order valence-electron chi connectivity index (χ3n) is 3.95. The first kappa shape index (κ1) is 14.0. The number of amides is 1. The van der Waals surface area contributed by atoms with Crippen LogP contribution in [-0.2, 0) is 9.53 Å². The quantitative estimate of drug-likeness (QED) is 0.827. The molecule has 6 heteroatoms. The summed E-state index contributed by atoms with van der Waals surface area (Å²) in [7, 11) is 0. The zero-order chi connectivity index (χ0) is 14.8. The molecule has 1 aromatic rings. The highest BCUT2D eigenvalue weighted by molar-refractivity contribution is 5.97. The van der Waals surface area contributed by atoms with Gasteiger partial charge in [0.05, 0.1) is 23.2 Å². The smallest absolute Gasteiger partial charge is 0.262 e. The van der Waals surface area contributed by atoms with Crippen molar-refractivity contribution in [1.82, 2.24) is 0 Å². The molecule has 0 aromatic heterocycles. The predicted octanol–water partition coefficient (Wildman–Crippen LogP) is 1.60. The van der Waals surface area contributed by atoms with Crippen molar-refractivity contribution in [3.05, 3.63) is 12.1 Å². The summed E-state index contributed by atoms with van der Waals surface area (Å²) in [6, 6.07) is 3.70. The fourth-order valence-electron chi connectivity index (χ4n) is 2.90. The Morgan fingerprint density at radius 3 is 2.90 bits per heavy atom. The minimum absolute atomic E-state index is 0.0472. The molecule has 2 aliphatic heterocycles. The molecule has 114 valence electrons. The van der Waals surface area contributed by atoms with Crippen molar-refractivity contribution in [3.8, 4) is 5.75 Å². The van der Waals surface area contributed by atoms with E-state index in [1.54, 1.807) is 6.07 Å². The van der Waals surface area contributed by atoms with Crippen LogP contribution in [0, 0.1) is 0 Å². The van der Waals surface area contributed by atoms with E-state index in [0.29, 0.717) is 23.2 Å². The van der Waals surface area contributed by atoms with Crippen LogP contribution in [-0.4, -0.2) is 38.3 Å². The number of ether oxygens (including phenoxy) is 2. The van der Waals surface area contributed by atoms with E-state index in [9.17, 15) is 4.79 Å². The Kier molecular flexibility index (Phi) is 3.88. The molecule has 0 unspecified atom stereocenters. The normalized spacial score (nSPS) is 18.9. The number of anilines is 3. The Morgan fingerprint density at radius 1 is 1.43 bits per heavy atom. The molecule has 2 aliphatic rings. The molecule has 3 N–H and O–H groups in total. The third kappa shape index (κ3) is 2.90. The van der Waals surface area contributed by atoms with E-state index >= 15 is 0 Å². The van der Waals surface area contributed by atoms with Gasteiger partial charge in [-0.2, -0.15) is 0 Å². The molecule has 0 atom stereocenters. The van der Waals surface area contributed by atoms with Gasteiger partial charge in [-0.3, -0.25) is 4.79 Å². The highest BCUT2D eigenvalue weighted by atomic mass is 16.5. The number of nitrogens with zero attached hydrogens (tertiary/aromatic N) is 1. The number of piperidine rings is 1. The molecular formula is C15H21N3O3. The maximum absolute atomic E-state index is 11.4. The van der Waals surface area contributed by atoms with Crippen molar-refractivity contribution in [2.75, 3.05) is 42.3 Å². The number of nitrogens with two attached hydrogens (primary N) is 1. The maximum atomic E-state index is 11.4. The monoisotopic (exact) mass is 291 g/mol. The zero-order valence-corrected chi connectivity index (χ0v) is 12.2. The number of carbonyl (C=O) groups is 1. The number of fused-ring (bicyclic) bond motifs is 1. The fraction of sp³-hybridized carbons (Fsp3) is 0.533. The summed E-state index contributed by atoms with van der Waals surface area (Å²) in [5, 5.41) is 2.82. The number of carbonyl (C=O) groups excluding carboxylic acids is 1. The summed E-state index contributed by atoms with van der Waals surface area (Å²) < 4.78 is 11.0. The molecule has 1 saturated heterocycles. The van der Waals surface area contributed by atoms with Gasteiger partial charge in [-0.05, 0) is 25.8 Å². The van der Waals surface area contributed by atoms with Crippen LogP contribution in [0.15, 0.2) is 12.1 Å². The van der Waals surface area contributed by atoms with E-state index in [1.807, 2.05) is 13.0 Å². The molecule has 1 fully saturated rings.